The van der Waals surface area contributed by atoms with E-state index in [-0.39, 0.29) is 18.4 Å². The van der Waals surface area contributed by atoms with E-state index in [1.807, 2.05) is 39.0 Å². The number of esters is 1. The number of hydrogen-bond acceptors (Lipinski definition) is 8. The molecule has 0 saturated carbocycles. The molecule has 10 heteroatoms. The average molecular weight is 494 g/mol. The SMILES string of the molecule is CCOCc1nc2c(N)nc3cc(CCC(=O)OCC)ccc3c2n1CC(C)(C)OCCN.Cl. The van der Waals surface area contributed by atoms with Gasteiger partial charge in [0.05, 0.1) is 36.4 Å². The minimum atomic E-state index is -0.474. The van der Waals surface area contributed by atoms with Gasteiger partial charge in [0.15, 0.2) is 5.82 Å². The van der Waals surface area contributed by atoms with Gasteiger partial charge in [0.25, 0.3) is 0 Å². The van der Waals surface area contributed by atoms with Gasteiger partial charge in [-0.25, -0.2) is 9.97 Å². The number of halogens is 1. The van der Waals surface area contributed by atoms with Gasteiger partial charge in [-0.15, -0.1) is 12.4 Å². The molecular formula is C24H36ClN5O4. The minimum absolute atomic E-state index is 0. The molecule has 0 radical (unpaired) electrons. The third-order valence-electron chi connectivity index (χ3n) is 5.36. The van der Waals surface area contributed by atoms with Gasteiger partial charge in [-0.3, -0.25) is 4.79 Å². The molecule has 2 aromatic heterocycles. The normalized spacial score (nSPS) is 11.7. The molecule has 0 atom stereocenters. The van der Waals surface area contributed by atoms with E-state index in [1.165, 1.54) is 0 Å². The molecule has 0 aliphatic rings. The van der Waals surface area contributed by atoms with E-state index in [0.717, 1.165) is 27.8 Å². The first-order chi connectivity index (χ1) is 15.8. The predicted octanol–water partition coefficient (Wildman–Crippen LogP) is 3.37. The molecule has 0 aliphatic heterocycles. The maximum Gasteiger partial charge on any atom is 0.306 e. The third-order valence-corrected chi connectivity index (χ3v) is 5.36. The fourth-order valence-corrected chi connectivity index (χ4v) is 3.87. The van der Waals surface area contributed by atoms with Crippen LogP contribution in [0.3, 0.4) is 0 Å². The number of benzene rings is 1. The van der Waals surface area contributed by atoms with E-state index < -0.39 is 5.60 Å². The topological polar surface area (TPSA) is 128 Å². The monoisotopic (exact) mass is 493 g/mol. The average Bonchev–Trinajstić information content (AvgIpc) is 3.13. The fourth-order valence-electron chi connectivity index (χ4n) is 3.87. The second kappa shape index (κ2) is 12.3. The highest BCUT2D eigenvalue weighted by molar-refractivity contribution is 6.06. The molecule has 0 spiro atoms. The first kappa shape index (κ1) is 27.8. The summed E-state index contributed by atoms with van der Waals surface area (Å²) >= 11 is 0. The lowest BCUT2D eigenvalue weighted by molar-refractivity contribution is -0.143. The van der Waals surface area contributed by atoms with Gasteiger partial charge >= 0.3 is 5.97 Å². The molecule has 0 fully saturated rings. The van der Waals surface area contributed by atoms with Gasteiger partial charge in [-0.2, -0.15) is 0 Å². The zero-order valence-electron chi connectivity index (χ0n) is 20.4. The summed E-state index contributed by atoms with van der Waals surface area (Å²) in [4.78, 5) is 21.1. The van der Waals surface area contributed by atoms with Crippen molar-refractivity contribution in [3.05, 3.63) is 29.6 Å². The van der Waals surface area contributed by atoms with Gasteiger partial charge in [0.2, 0.25) is 0 Å². The number of nitrogens with zero attached hydrogens (tertiary/aromatic N) is 3. The van der Waals surface area contributed by atoms with Crippen molar-refractivity contribution >= 4 is 46.1 Å². The van der Waals surface area contributed by atoms with Crippen LogP contribution in [0.2, 0.25) is 0 Å². The summed E-state index contributed by atoms with van der Waals surface area (Å²) in [6.07, 6.45) is 0.892. The van der Waals surface area contributed by atoms with E-state index in [0.29, 0.717) is 63.7 Å². The Morgan fingerprint density at radius 2 is 1.94 bits per heavy atom. The standard InChI is InChI=1S/C24H35N5O4.ClH/c1-5-31-14-19-28-21-22(29(19)15-24(3,4)33-12-11-25)17-9-7-16(8-10-20(30)32-6-2)13-18(17)27-23(21)26;/h7,9,13H,5-6,8,10-12,14-15,25H2,1-4H3,(H2,26,27);1H. The zero-order valence-corrected chi connectivity index (χ0v) is 21.2. The van der Waals surface area contributed by atoms with Crippen molar-refractivity contribution in [3.8, 4) is 0 Å². The van der Waals surface area contributed by atoms with Gasteiger partial charge in [-0.05, 0) is 45.7 Å². The van der Waals surface area contributed by atoms with Crippen LogP contribution >= 0.6 is 12.4 Å². The third kappa shape index (κ3) is 6.56. The number of aryl methyl sites for hydroxylation is 1. The number of carbonyl (C=O) groups excluding carboxylic acids is 1. The smallest absolute Gasteiger partial charge is 0.306 e. The van der Waals surface area contributed by atoms with Crippen LogP contribution in [0.5, 0.6) is 0 Å². The van der Waals surface area contributed by atoms with Crippen molar-refractivity contribution in [2.45, 2.75) is 59.3 Å². The first-order valence-corrected chi connectivity index (χ1v) is 11.4. The Kier molecular flexibility index (Phi) is 10.1. The zero-order chi connectivity index (χ0) is 24.0. The molecule has 3 rings (SSSR count). The van der Waals surface area contributed by atoms with Crippen LogP contribution in [-0.2, 0) is 38.6 Å². The van der Waals surface area contributed by atoms with Crippen LogP contribution in [0, 0.1) is 0 Å². The molecule has 188 valence electrons. The van der Waals surface area contributed by atoms with Crippen molar-refractivity contribution in [3.63, 3.8) is 0 Å². The van der Waals surface area contributed by atoms with E-state index in [9.17, 15) is 4.79 Å². The van der Waals surface area contributed by atoms with Gasteiger partial charge in [0, 0.05) is 25.0 Å². The summed E-state index contributed by atoms with van der Waals surface area (Å²) in [5.74, 6) is 0.916. The molecule has 34 heavy (non-hydrogen) atoms. The van der Waals surface area contributed by atoms with Crippen LogP contribution in [0.1, 0.15) is 45.5 Å². The van der Waals surface area contributed by atoms with Gasteiger partial charge in [0.1, 0.15) is 17.9 Å². The number of ether oxygens (including phenoxy) is 3. The van der Waals surface area contributed by atoms with Crippen LogP contribution in [0.25, 0.3) is 21.9 Å². The van der Waals surface area contributed by atoms with Crippen LogP contribution < -0.4 is 11.5 Å². The van der Waals surface area contributed by atoms with E-state index in [1.54, 1.807) is 6.92 Å². The molecule has 0 saturated heterocycles. The number of fused-ring (bicyclic) bond motifs is 3. The Balaban J connectivity index is 0.00000408. The summed E-state index contributed by atoms with van der Waals surface area (Å²) in [5, 5.41) is 0.934. The first-order valence-electron chi connectivity index (χ1n) is 11.4. The summed E-state index contributed by atoms with van der Waals surface area (Å²) in [5.41, 5.74) is 14.8. The fraction of sp³-hybridized carbons (Fsp3) is 0.542. The highest BCUT2D eigenvalue weighted by Crippen LogP contribution is 2.31. The van der Waals surface area contributed by atoms with Crippen LogP contribution in [0.4, 0.5) is 5.82 Å². The highest BCUT2D eigenvalue weighted by atomic mass is 35.5. The maximum absolute atomic E-state index is 11.7. The quantitative estimate of drug-likeness (QED) is 0.367. The Labute approximate surface area is 206 Å². The van der Waals surface area contributed by atoms with Crippen molar-refractivity contribution in [1.29, 1.82) is 0 Å². The number of nitrogens with two attached hydrogens (primary N) is 2. The Bertz CT molecular complexity index is 1120. The Morgan fingerprint density at radius 1 is 1.18 bits per heavy atom. The number of pyridine rings is 1. The number of aromatic nitrogens is 3. The molecule has 0 bridgehead atoms. The molecular weight excluding hydrogens is 458 g/mol. The summed E-state index contributed by atoms with van der Waals surface area (Å²) in [6.45, 7) is 10.6. The largest absolute Gasteiger partial charge is 0.466 e. The number of rotatable bonds is 12. The Hall–Kier alpha value is -2.46. The van der Waals surface area contributed by atoms with E-state index >= 15 is 0 Å². The Morgan fingerprint density at radius 3 is 2.62 bits per heavy atom. The van der Waals surface area contributed by atoms with Crippen molar-refractivity contribution < 1.29 is 19.0 Å². The summed E-state index contributed by atoms with van der Waals surface area (Å²) in [6, 6.07) is 6.00. The summed E-state index contributed by atoms with van der Waals surface area (Å²) in [7, 11) is 0. The van der Waals surface area contributed by atoms with Crippen molar-refractivity contribution in [2.75, 3.05) is 32.1 Å². The molecule has 3 aromatic rings. The molecule has 0 aliphatic carbocycles. The van der Waals surface area contributed by atoms with Gasteiger partial charge < -0.3 is 30.2 Å². The molecule has 2 heterocycles. The second-order valence-corrected chi connectivity index (χ2v) is 8.50. The number of hydrogen-bond donors (Lipinski definition) is 2. The lowest BCUT2D eigenvalue weighted by atomic mass is 10.1. The molecule has 1 aromatic carbocycles. The predicted molar refractivity (Wildman–Crippen MR) is 136 cm³/mol. The second-order valence-electron chi connectivity index (χ2n) is 8.50. The highest BCUT2D eigenvalue weighted by Gasteiger charge is 2.25. The number of carbonyl (C=O) groups is 1. The van der Waals surface area contributed by atoms with E-state index in [2.05, 4.69) is 9.55 Å². The lowest BCUT2D eigenvalue weighted by Gasteiger charge is -2.27. The van der Waals surface area contributed by atoms with Crippen LogP contribution in [-0.4, -0.2) is 52.5 Å². The van der Waals surface area contributed by atoms with Gasteiger partial charge in [-0.1, -0.05) is 12.1 Å². The molecule has 9 nitrogen and oxygen atoms in total. The van der Waals surface area contributed by atoms with E-state index in [4.69, 9.17) is 30.7 Å². The lowest BCUT2D eigenvalue weighted by Crippen LogP contribution is -2.33. The maximum atomic E-state index is 11.7. The summed E-state index contributed by atoms with van der Waals surface area (Å²) < 4.78 is 18.8. The molecule has 0 amide bonds. The minimum Gasteiger partial charge on any atom is -0.466 e. The molecule has 0 unspecified atom stereocenters. The molecule has 4 N–H and O–H groups in total. The number of anilines is 1. The van der Waals surface area contributed by atoms with Crippen molar-refractivity contribution in [1.82, 2.24) is 14.5 Å². The van der Waals surface area contributed by atoms with Crippen LogP contribution in [0.15, 0.2) is 18.2 Å². The number of nitrogen functional groups attached to an aromatic ring is 1. The number of imidazole rings is 1. The van der Waals surface area contributed by atoms with Crippen molar-refractivity contribution in [2.24, 2.45) is 5.73 Å².